The SMILES string of the molecule is CNCOCC(=O)Nc1ccc2c(c1)NC(C=Nc1ccc(OC)c(OCCCCC=O)c1)C2. The summed E-state index contributed by atoms with van der Waals surface area (Å²) >= 11 is 0. The van der Waals surface area contributed by atoms with Gasteiger partial charge in [-0.15, -0.1) is 0 Å². The number of rotatable bonds is 14. The van der Waals surface area contributed by atoms with Crippen LogP contribution in [0.4, 0.5) is 17.1 Å². The van der Waals surface area contributed by atoms with Gasteiger partial charge in [0.25, 0.3) is 0 Å². The first-order chi connectivity index (χ1) is 16.6. The number of ether oxygens (including phenoxy) is 3. The molecule has 1 unspecified atom stereocenters. The highest BCUT2D eigenvalue weighted by molar-refractivity contribution is 5.92. The molecule has 1 heterocycles. The molecule has 0 radical (unpaired) electrons. The highest BCUT2D eigenvalue weighted by atomic mass is 16.5. The van der Waals surface area contributed by atoms with E-state index in [-0.39, 0.29) is 18.6 Å². The Morgan fingerprint density at radius 2 is 2.09 bits per heavy atom. The average Bonchev–Trinajstić information content (AvgIpc) is 3.25. The largest absolute Gasteiger partial charge is 0.493 e. The molecule has 1 aliphatic heterocycles. The van der Waals surface area contributed by atoms with Crippen molar-refractivity contribution in [3.05, 3.63) is 42.0 Å². The van der Waals surface area contributed by atoms with Crippen molar-refractivity contribution in [3.8, 4) is 11.5 Å². The van der Waals surface area contributed by atoms with Crippen LogP contribution in [0.3, 0.4) is 0 Å². The van der Waals surface area contributed by atoms with E-state index < -0.39 is 0 Å². The summed E-state index contributed by atoms with van der Waals surface area (Å²) in [6.45, 7) is 0.827. The summed E-state index contributed by atoms with van der Waals surface area (Å²) in [5, 5.41) is 9.10. The monoisotopic (exact) mass is 468 g/mol. The van der Waals surface area contributed by atoms with E-state index in [0.29, 0.717) is 36.9 Å². The standard InChI is InChI=1S/C25H32N4O5/c1-26-17-33-16-25(31)29-20-7-6-18-12-21(28-22(18)13-20)15-27-19-8-9-23(32-2)24(14-19)34-11-5-3-4-10-30/h6-10,13-15,21,26,28H,3-5,11-12,16-17H2,1-2H3,(H,29,31). The molecule has 9 nitrogen and oxygen atoms in total. The van der Waals surface area contributed by atoms with E-state index in [1.807, 2.05) is 42.6 Å². The van der Waals surface area contributed by atoms with Gasteiger partial charge in [0, 0.05) is 30.1 Å². The van der Waals surface area contributed by atoms with Crippen molar-refractivity contribution in [1.29, 1.82) is 0 Å². The molecule has 1 amide bonds. The van der Waals surface area contributed by atoms with Gasteiger partial charge in [0.15, 0.2) is 11.5 Å². The van der Waals surface area contributed by atoms with E-state index in [4.69, 9.17) is 14.2 Å². The van der Waals surface area contributed by atoms with E-state index in [0.717, 1.165) is 42.5 Å². The Morgan fingerprint density at radius 1 is 1.21 bits per heavy atom. The van der Waals surface area contributed by atoms with Crippen molar-refractivity contribution in [2.24, 2.45) is 4.99 Å². The Bertz CT molecular complexity index is 995. The number of amides is 1. The number of hydrogen-bond donors (Lipinski definition) is 3. The second kappa shape index (κ2) is 13.3. The van der Waals surface area contributed by atoms with Gasteiger partial charge in [0.1, 0.15) is 12.9 Å². The molecule has 0 saturated heterocycles. The molecule has 3 rings (SSSR count). The first kappa shape index (κ1) is 25.2. The van der Waals surface area contributed by atoms with E-state index >= 15 is 0 Å². The molecule has 0 saturated carbocycles. The second-order valence-electron chi connectivity index (χ2n) is 7.85. The highest BCUT2D eigenvalue weighted by Crippen LogP contribution is 2.32. The third-order valence-electron chi connectivity index (χ3n) is 5.18. The number of nitrogens with zero attached hydrogens (tertiary/aromatic N) is 1. The van der Waals surface area contributed by atoms with Crippen LogP contribution < -0.4 is 25.4 Å². The maximum absolute atomic E-state index is 12.0. The number of aldehydes is 1. The third kappa shape index (κ3) is 7.57. The number of hydrogen-bond acceptors (Lipinski definition) is 8. The van der Waals surface area contributed by atoms with E-state index in [1.54, 1.807) is 14.2 Å². The van der Waals surface area contributed by atoms with Gasteiger partial charge < -0.3 is 29.6 Å². The fraction of sp³-hybridized carbons (Fsp3) is 0.400. The smallest absolute Gasteiger partial charge is 0.250 e. The molecule has 2 aromatic carbocycles. The fourth-order valence-corrected chi connectivity index (χ4v) is 3.53. The summed E-state index contributed by atoms with van der Waals surface area (Å²) in [6, 6.07) is 11.4. The summed E-state index contributed by atoms with van der Waals surface area (Å²) in [6.07, 6.45) is 5.73. The van der Waals surface area contributed by atoms with Gasteiger partial charge in [-0.2, -0.15) is 0 Å². The number of methoxy groups -OCH3 is 1. The van der Waals surface area contributed by atoms with Crippen molar-refractivity contribution in [3.63, 3.8) is 0 Å². The molecule has 1 atom stereocenters. The molecular weight excluding hydrogens is 436 g/mol. The van der Waals surface area contributed by atoms with Gasteiger partial charge >= 0.3 is 0 Å². The number of anilines is 2. The topological polar surface area (TPSA) is 110 Å². The lowest BCUT2D eigenvalue weighted by Crippen LogP contribution is -2.22. The summed E-state index contributed by atoms with van der Waals surface area (Å²) in [4.78, 5) is 27.0. The molecule has 34 heavy (non-hydrogen) atoms. The molecular formula is C25H32N4O5. The summed E-state index contributed by atoms with van der Waals surface area (Å²) in [7, 11) is 3.36. The van der Waals surface area contributed by atoms with Gasteiger partial charge in [0.05, 0.1) is 32.2 Å². The Hall–Kier alpha value is -3.43. The molecule has 0 aromatic heterocycles. The Labute approximate surface area is 199 Å². The summed E-state index contributed by atoms with van der Waals surface area (Å²) in [5.41, 5.74) is 3.61. The lowest BCUT2D eigenvalue weighted by Gasteiger charge is -2.11. The quantitative estimate of drug-likeness (QED) is 0.169. The highest BCUT2D eigenvalue weighted by Gasteiger charge is 2.19. The van der Waals surface area contributed by atoms with Crippen LogP contribution in [0.2, 0.25) is 0 Å². The average molecular weight is 469 g/mol. The molecule has 0 spiro atoms. The van der Waals surface area contributed by atoms with E-state index in [2.05, 4.69) is 20.9 Å². The Kier molecular flexibility index (Phi) is 9.87. The predicted octanol–water partition coefficient (Wildman–Crippen LogP) is 3.31. The zero-order valence-corrected chi connectivity index (χ0v) is 19.6. The van der Waals surface area contributed by atoms with Crippen molar-refractivity contribution >= 4 is 35.5 Å². The maximum Gasteiger partial charge on any atom is 0.250 e. The van der Waals surface area contributed by atoms with E-state index in [1.165, 1.54) is 0 Å². The van der Waals surface area contributed by atoms with Gasteiger partial charge in [-0.05, 0) is 56.1 Å². The fourth-order valence-electron chi connectivity index (χ4n) is 3.53. The van der Waals surface area contributed by atoms with Gasteiger partial charge in [-0.1, -0.05) is 6.07 Å². The number of aliphatic imine (C=N–C) groups is 1. The van der Waals surface area contributed by atoms with Crippen molar-refractivity contribution in [1.82, 2.24) is 5.32 Å². The molecule has 3 N–H and O–H groups in total. The van der Waals surface area contributed by atoms with Crippen molar-refractivity contribution in [2.45, 2.75) is 31.7 Å². The first-order valence-corrected chi connectivity index (χ1v) is 11.3. The van der Waals surface area contributed by atoms with Crippen molar-refractivity contribution in [2.75, 3.05) is 44.7 Å². The number of carbonyl (C=O) groups excluding carboxylic acids is 2. The zero-order valence-electron chi connectivity index (χ0n) is 19.6. The van der Waals surface area contributed by atoms with Crippen LogP contribution >= 0.6 is 0 Å². The summed E-state index contributed by atoms with van der Waals surface area (Å²) < 4.78 is 16.4. The minimum absolute atomic E-state index is 0.00700. The Balaban J connectivity index is 1.56. The van der Waals surface area contributed by atoms with Crippen LogP contribution in [-0.2, 0) is 20.7 Å². The van der Waals surface area contributed by atoms with Crippen LogP contribution in [-0.4, -0.2) is 58.6 Å². The second-order valence-corrected chi connectivity index (χ2v) is 7.85. The molecule has 0 aliphatic carbocycles. The van der Waals surface area contributed by atoms with Crippen LogP contribution in [0.1, 0.15) is 24.8 Å². The van der Waals surface area contributed by atoms with Crippen LogP contribution in [0.25, 0.3) is 0 Å². The molecule has 9 heteroatoms. The Morgan fingerprint density at radius 3 is 2.88 bits per heavy atom. The predicted molar refractivity (Wildman–Crippen MR) is 133 cm³/mol. The first-order valence-electron chi connectivity index (χ1n) is 11.3. The number of fused-ring (bicyclic) bond motifs is 1. The third-order valence-corrected chi connectivity index (χ3v) is 5.18. The van der Waals surface area contributed by atoms with E-state index in [9.17, 15) is 9.59 Å². The summed E-state index contributed by atoms with van der Waals surface area (Å²) in [5.74, 6) is 1.07. The molecule has 1 aliphatic rings. The molecule has 2 aromatic rings. The number of carbonyl (C=O) groups is 2. The van der Waals surface area contributed by atoms with Crippen molar-refractivity contribution < 1.29 is 23.8 Å². The number of nitrogens with one attached hydrogen (secondary N) is 3. The molecule has 0 fully saturated rings. The number of benzene rings is 2. The van der Waals surface area contributed by atoms with Crippen LogP contribution in [0.5, 0.6) is 11.5 Å². The maximum atomic E-state index is 12.0. The molecule has 0 bridgehead atoms. The zero-order chi connectivity index (χ0) is 24.2. The normalized spacial score (nSPS) is 14.5. The van der Waals surface area contributed by atoms with Crippen LogP contribution in [0.15, 0.2) is 41.4 Å². The van der Waals surface area contributed by atoms with Gasteiger partial charge in [-0.25, -0.2) is 0 Å². The van der Waals surface area contributed by atoms with Gasteiger partial charge in [-0.3, -0.25) is 15.1 Å². The lowest BCUT2D eigenvalue weighted by atomic mass is 10.1. The number of unbranched alkanes of at least 4 members (excludes halogenated alkanes) is 2. The minimum atomic E-state index is -0.201. The molecule has 182 valence electrons. The lowest BCUT2D eigenvalue weighted by molar-refractivity contribution is -0.120. The van der Waals surface area contributed by atoms with Crippen LogP contribution in [0, 0.1) is 0 Å². The minimum Gasteiger partial charge on any atom is -0.493 e. The van der Waals surface area contributed by atoms with Gasteiger partial charge in [0.2, 0.25) is 5.91 Å².